The van der Waals surface area contributed by atoms with Crippen LogP contribution in [0.2, 0.25) is 0 Å². The van der Waals surface area contributed by atoms with E-state index in [9.17, 15) is 9.90 Å². The van der Waals surface area contributed by atoms with Gasteiger partial charge in [0, 0.05) is 35.9 Å². The summed E-state index contributed by atoms with van der Waals surface area (Å²) in [6.07, 6.45) is 5.26. The lowest BCUT2D eigenvalue weighted by Gasteiger charge is -2.38. The minimum Gasteiger partial charge on any atom is -0.393 e. The largest absolute Gasteiger partial charge is 0.393 e. The lowest BCUT2D eigenvalue weighted by Crippen LogP contribution is -2.48. The Labute approximate surface area is 152 Å². The summed E-state index contributed by atoms with van der Waals surface area (Å²) in [6.45, 7) is 0. The summed E-state index contributed by atoms with van der Waals surface area (Å²) in [5, 5.41) is 13.7. The smallest absolute Gasteiger partial charge is 0.252 e. The van der Waals surface area contributed by atoms with Crippen molar-refractivity contribution >= 4 is 16.8 Å². The summed E-state index contributed by atoms with van der Waals surface area (Å²) < 4.78 is 0. The fraction of sp³-hybridized carbons (Fsp3) is 0.286. The molecule has 132 valence electrons. The molecule has 2 N–H and O–H groups in total. The number of aliphatic hydroxyl groups excluding tert-OH is 1. The normalized spacial score (nSPS) is 20.3. The molecule has 26 heavy (non-hydrogen) atoms. The van der Waals surface area contributed by atoms with Crippen LogP contribution in [0.25, 0.3) is 10.9 Å². The molecule has 4 rings (SSSR count). The molecule has 1 aliphatic rings. The van der Waals surface area contributed by atoms with Gasteiger partial charge >= 0.3 is 0 Å². The molecule has 3 aromatic rings. The lowest BCUT2D eigenvalue weighted by molar-refractivity contribution is 0.0238. The number of amides is 1. The number of pyridine rings is 2. The van der Waals surface area contributed by atoms with Gasteiger partial charge in [0.05, 0.1) is 17.2 Å². The van der Waals surface area contributed by atoms with Gasteiger partial charge in [-0.05, 0) is 43.0 Å². The van der Waals surface area contributed by atoms with Gasteiger partial charge in [-0.2, -0.15) is 0 Å². The molecular formula is C21H21N3O2. The molecule has 2 aromatic heterocycles. The molecule has 0 aliphatic heterocycles. The highest BCUT2D eigenvalue weighted by Crippen LogP contribution is 2.32. The Morgan fingerprint density at radius 1 is 1.08 bits per heavy atom. The Hall–Kier alpha value is -2.79. The minimum atomic E-state index is -0.259. The first-order valence-electron chi connectivity index (χ1n) is 8.93. The molecule has 1 amide bonds. The molecule has 1 atom stereocenters. The highest BCUT2D eigenvalue weighted by molar-refractivity contribution is 6.06. The lowest BCUT2D eigenvalue weighted by atomic mass is 9.75. The number of para-hydroxylation sites is 1. The number of hydrogen-bond donors (Lipinski definition) is 2. The molecule has 5 heteroatoms. The first-order valence-corrected chi connectivity index (χ1v) is 8.93. The maximum atomic E-state index is 13.0. The minimum absolute atomic E-state index is 0.0484. The standard InChI is InChI=1S/C21H21N3O2/c25-16-11-14(12-16)20(13-15-5-3-4-9-22-15)24-21(26)18-8-10-23-19-7-2-1-6-17(18)19/h1-10,14,16,20,25H,11-13H2,(H,24,26). The van der Waals surface area contributed by atoms with Crippen LogP contribution in [0.4, 0.5) is 0 Å². The van der Waals surface area contributed by atoms with E-state index < -0.39 is 0 Å². The van der Waals surface area contributed by atoms with E-state index in [2.05, 4.69) is 15.3 Å². The van der Waals surface area contributed by atoms with Gasteiger partial charge in [0.2, 0.25) is 0 Å². The average Bonchev–Trinajstić information content (AvgIpc) is 2.65. The van der Waals surface area contributed by atoms with Crippen LogP contribution in [0.1, 0.15) is 28.9 Å². The van der Waals surface area contributed by atoms with Gasteiger partial charge in [-0.3, -0.25) is 14.8 Å². The van der Waals surface area contributed by atoms with Crippen LogP contribution in [0, 0.1) is 5.92 Å². The fourth-order valence-corrected chi connectivity index (χ4v) is 3.58. The van der Waals surface area contributed by atoms with Gasteiger partial charge in [0.1, 0.15) is 0 Å². The summed E-state index contributed by atoms with van der Waals surface area (Å²) >= 11 is 0. The van der Waals surface area contributed by atoms with E-state index in [4.69, 9.17) is 0 Å². The summed E-state index contributed by atoms with van der Waals surface area (Å²) in [5.74, 6) is 0.162. The molecule has 0 spiro atoms. The molecule has 2 heterocycles. The predicted octanol–water partition coefficient (Wildman–Crippen LogP) is 2.74. The van der Waals surface area contributed by atoms with Crippen LogP contribution in [-0.2, 0) is 6.42 Å². The van der Waals surface area contributed by atoms with Crippen LogP contribution in [0.15, 0.2) is 60.9 Å². The summed E-state index contributed by atoms with van der Waals surface area (Å²) in [7, 11) is 0. The van der Waals surface area contributed by atoms with Crippen molar-refractivity contribution < 1.29 is 9.90 Å². The van der Waals surface area contributed by atoms with E-state index in [1.807, 2.05) is 42.5 Å². The molecule has 0 saturated heterocycles. The number of nitrogens with one attached hydrogen (secondary N) is 1. The predicted molar refractivity (Wildman–Crippen MR) is 99.7 cm³/mol. The van der Waals surface area contributed by atoms with E-state index in [0.717, 1.165) is 29.4 Å². The van der Waals surface area contributed by atoms with Crippen molar-refractivity contribution in [3.05, 3.63) is 72.2 Å². The third-order valence-corrected chi connectivity index (χ3v) is 5.08. The summed E-state index contributed by atoms with van der Waals surface area (Å²) in [6, 6.07) is 15.2. The van der Waals surface area contributed by atoms with Crippen molar-refractivity contribution in [1.82, 2.24) is 15.3 Å². The van der Waals surface area contributed by atoms with E-state index in [-0.39, 0.29) is 24.0 Å². The molecule has 1 aliphatic carbocycles. The van der Waals surface area contributed by atoms with Crippen LogP contribution in [0.3, 0.4) is 0 Å². The zero-order valence-electron chi connectivity index (χ0n) is 14.4. The Kier molecular flexibility index (Phi) is 4.63. The number of carbonyl (C=O) groups excluding carboxylic acids is 1. The van der Waals surface area contributed by atoms with Crippen molar-refractivity contribution in [3.8, 4) is 0 Å². The van der Waals surface area contributed by atoms with Crippen molar-refractivity contribution in [2.75, 3.05) is 0 Å². The molecule has 0 radical (unpaired) electrons. The van der Waals surface area contributed by atoms with E-state index >= 15 is 0 Å². The van der Waals surface area contributed by atoms with Crippen LogP contribution >= 0.6 is 0 Å². The van der Waals surface area contributed by atoms with Gasteiger partial charge in [-0.25, -0.2) is 0 Å². The van der Waals surface area contributed by atoms with Gasteiger partial charge in [0.25, 0.3) is 5.91 Å². The Morgan fingerprint density at radius 2 is 1.88 bits per heavy atom. The van der Waals surface area contributed by atoms with Crippen LogP contribution in [-0.4, -0.2) is 33.1 Å². The zero-order valence-corrected chi connectivity index (χ0v) is 14.4. The number of aliphatic hydroxyl groups is 1. The fourth-order valence-electron chi connectivity index (χ4n) is 3.58. The molecule has 1 saturated carbocycles. The number of nitrogens with zero attached hydrogens (tertiary/aromatic N) is 2. The first-order chi connectivity index (χ1) is 12.7. The van der Waals surface area contributed by atoms with Gasteiger partial charge < -0.3 is 10.4 Å². The van der Waals surface area contributed by atoms with Crippen molar-refractivity contribution in [2.24, 2.45) is 5.92 Å². The Balaban J connectivity index is 1.57. The van der Waals surface area contributed by atoms with Gasteiger partial charge in [-0.15, -0.1) is 0 Å². The molecule has 1 aromatic carbocycles. The van der Waals surface area contributed by atoms with Gasteiger partial charge in [0.15, 0.2) is 0 Å². The maximum Gasteiger partial charge on any atom is 0.252 e. The Bertz CT molecular complexity index is 902. The van der Waals surface area contributed by atoms with Crippen molar-refractivity contribution in [1.29, 1.82) is 0 Å². The topological polar surface area (TPSA) is 75.1 Å². The Morgan fingerprint density at radius 3 is 2.65 bits per heavy atom. The van der Waals surface area contributed by atoms with Crippen molar-refractivity contribution in [2.45, 2.75) is 31.4 Å². The summed E-state index contributed by atoms with van der Waals surface area (Å²) in [5.41, 5.74) is 2.38. The molecule has 0 bridgehead atoms. The molecule has 1 unspecified atom stereocenters. The molecule has 1 fully saturated rings. The number of aromatic nitrogens is 2. The number of fused-ring (bicyclic) bond motifs is 1. The van der Waals surface area contributed by atoms with Gasteiger partial charge in [-0.1, -0.05) is 24.3 Å². The molecular weight excluding hydrogens is 326 g/mol. The van der Waals surface area contributed by atoms with E-state index in [0.29, 0.717) is 12.0 Å². The number of carbonyl (C=O) groups is 1. The first kappa shape index (κ1) is 16.7. The second-order valence-electron chi connectivity index (χ2n) is 6.87. The second-order valence-corrected chi connectivity index (χ2v) is 6.87. The average molecular weight is 347 g/mol. The van der Waals surface area contributed by atoms with Crippen LogP contribution < -0.4 is 5.32 Å². The summed E-state index contributed by atoms with van der Waals surface area (Å²) in [4.78, 5) is 21.7. The third-order valence-electron chi connectivity index (χ3n) is 5.08. The monoisotopic (exact) mass is 347 g/mol. The zero-order chi connectivity index (χ0) is 17.9. The maximum absolute atomic E-state index is 13.0. The number of benzene rings is 1. The van der Waals surface area contributed by atoms with Crippen molar-refractivity contribution in [3.63, 3.8) is 0 Å². The second kappa shape index (κ2) is 7.22. The van der Waals surface area contributed by atoms with E-state index in [1.165, 1.54) is 0 Å². The highest BCUT2D eigenvalue weighted by atomic mass is 16.3. The third kappa shape index (κ3) is 3.44. The number of rotatable bonds is 5. The highest BCUT2D eigenvalue weighted by Gasteiger charge is 2.35. The van der Waals surface area contributed by atoms with Crippen LogP contribution in [0.5, 0.6) is 0 Å². The molecule has 5 nitrogen and oxygen atoms in total. The van der Waals surface area contributed by atoms with E-state index in [1.54, 1.807) is 18.5 Å². The number of hydrogen-bond acceptors (Lipinski definition) is 4. The quantitative estimate of drug-likeness (QED) is 0.744. The SMILES string of the molecule is O=C(NC(Cc1ccccn1)C1CC(O)C1)c1ccnc2ccccc12.